The van der Waals surface area contributed by atoms with Crippen LogP contribution in [0.4, 0.5) is 19.5 Å². The third kappa shape index (κ3) is 2.95. The van der Waals surface area contributed by atoms with Crippen molar-refractivity contribution in [1.82, 2.24) is 14.9 Å². The van der Waals surface area contributed by atoms with E-state index in [4.69, 9.17) is 9.84 Å². The molecule has 1 saturated carbocycles. The maximum Gasteiger partial charge on any atom is 0.411 e. The van der Waals surface area contributed by atoms with Crippen molar-refractivity contribution in [3.63, 3.8) is 0 Å². The zero-order chi connectivity index (χ0) is 18.4. The number of hydrogen-bond donors (Lipinski definition) is 3. The first-order valence-electron chi connectivity index (χ1n) is 7.56. The summed E-state index contributed by atoms with van der Waals surface area (Å²) in [6.45, 7) is -0.293. The Bertz CT molecular complexity index is 729. The summed E-state index contributed by atoms with van der Waals surface area (Å²) in [5.74, 6) is -4.55. The van der Waals surface area contributed by atoms with Gasteiger partial charge in [-0.2, -0.15) is 4.98 Å². The second-order valence-electron chi connectivity index (χ2n) is 5.91. The Kier molecular flexibility index (Phi) is 4.19. The molecule has 2 amide bonds. The summed E-state index contributed by atoms with van der Waals surface area (Å²) >= 11 is 0. The Balaban J connectivity index is 1.98. The Labute approximate surface area is 140 Å². The van der Waals surface area contributed by atoms with Gasteiger partial charge in [0.15, 0.2) is 0 Å². The highest BCUT2D eigenvalue weighted by atomic mass is 19.3. The molecule has 1 aromatic heterocycles. The van der Waals surface area contributed by atoms with Gasteiger partial charge in [-0.25, -0.2) is 18.6 Å². The molecule has 3 rings (SSSR count). The number of anilines is 1. The van der Waals surface area contributed by atoms with Crippen LogP contribution in [-0.4, -0.2) is 62.3 Å². The zero-order valence-corrected chi connectivity index (χ0v) is 13.2. The predicted octanol–water partition coefficient (Wildman–Crippen LogP) is 1.08. The lowest BCUT2D eigenvalue weighted by Gasteiger charge is -2.40. The summed E-state index contributed by atoms with van der Waals surface area (Å²) < 4.78 is 33.6. The Morgan fingerprint density at radius 2 is 2.16 bits per heavy atom. The maximum atomic E-state index is 14.3. The van der Waals surface area contributed by atoms with Crippen molar-refractivity contribution >= 4 is 17.9 Å². The number of nitrogens with one attached hydrogen (secondary N) is 1. The summed E-state index contributed by atoms with van der Waals surface area (Å²) in [6.07, 6.45) is -2.89. The topological polar surface area (TPSA) is 125 Å². The van der Waals surface area contributed by atoms with Gasteiger partial charge in [-0.3, -0.25) is 10.1 Å². The predicted molar refractivity (Wildman–Crippen MR) is 78.7 cm³/mol. The normalized spacial score (nSPS) is 24.8. The van der Waals surface area contributed by atoms with Crippen molar-refractivity contribution in [3.05, 3.63) is 11.3 Å². The Hall–Kier alpha value is -2.56. The number of rotatable bonds is 3. The van der Waals surface area contributed by atoms with Crippen molar-refractivity contribution in [2.75, 3.05) is 12.4 Å². The lowest BCUT2D eigenvalue weighted by Crippen LogP contribution is -2.56. The summed E-state index contributed by atoms with van der Waals surface area (Å²) in [6, 6.07) is -1.68. The Morgan fingerprint density at radius 3 is 2.76 bits per heavy atom. The number of amides is 2. The molecule has 2 unspecified atom stereocenters. The summed E-state index contributed by atoms with van der Waals surface area (Å²) in [5.41, 5.74) is -0.0406. The number of aromatic nitrogens is 2. The molecule has 0 spiro atoms. The van der Waals surface area contributed by atoms with Crippen molar-refractivity contribution in [1.29, 1.82) is 0 Å². The second-order valence-corrected chi connectivity index (χ2v) is 5.91. The van der Waals surface area contributed by atoms with E-state index >= 15 is 0 Å². The monoisotopic (exact) mass is 358 g/mol. The van der Waals surface area contributed by atoms with Gasteiger partial charge >= 0.3 is 6.09 Å². The van der Waals surface area contributed by atoms with Gasteiger partial charge in [0.25, 0.3) is 11.8 Å². The van der Waals surface area contributed by atoms with E-state index in [9.17, 15) is 23.5 Å². The van der Waals surface area contributed by atoms with Gasteiger partial charge in [0.05, 0.1) is 25.5 Å². The zero-order valence-electron chi connectivity index (χ0n) is 13.2. The van der Waals surface area contributed by atoms with E-state index in [-0.39, 0.29) is 42.5 Å². The Morgan fingerprint density at radius 1 is 1.44 bits per heavy atom. The third-order valence-electron chi connectivity index (χ3n) is 4.30. The van der Waals surface area contributed by atoms with E-state index in [0.29, 0.717) is 0 Å². The highest BCUT2D eigenvalue weighted by Gasteiger charge is 2.53. The van der Waals surface area contributed by atoms with Crippen molar-refractivity contribution in [2.45, 2.75) is 43.9 Å². The molecule has 2 aliphatic rings. The average Bonchev–Trinajstić information content (AvgIpc) is 2.81. The van der Waals surface area contributed by atoms with E-state index in [1.54, 1.807) is 0 Å². The first-order valence-corrected chi connectivity index (χ1v) is 7.56. The summed E-state index contributed by atoms with van der Waals surface area (Å²) in [4.78, 5) is 31.9. The van der Waals surface area contributed by atoms with Crippen molar-refractivity contribution < 1.29 is 33.3 Å². The van der Waals surface area contributed by atoms with Crippen LogP contribution < -0.4 is 10.1 Å². The highest BCUT2D eigenvalue weighted by Crippen LogP contribution is 2.41. The van der Waals surface area contributed by atoms with Crippen molar-refractivity contribution in [3.8, 4) is 5.88 Å². The van der Waals surface area contributed by atoms with Crippen LogP contribution in [0.15, 0.2) is 0 Å². The maximum absolute atomic E-state index is 14.3. The molecule has 2 atom stereocenters. The van der Waals surface area contributed by atoms with Crippen LogP contribution >= 0.6 is 0 Å². The molecular weight excluding hydrogens is 342 g/mol. The first kappa shape index (κ1) is 17.3. The van der Waals surface area contributed by atoms with E-state index in [1.165, 1.54) is 7.11 Å². The molecule has 0 aromatic carbocycles. The van der Waals surface area contributed by atoms with Gasteiger partial charge in [0.2, 0.25) is 11.8 Å². The van der Waals surface area contributed by atoms with Crippen LogP contribution in [0.1, 0.15) is 35.3 Å². The molecule has 25 heavy (non-hydrogen) atoms. The van der Waals surface area contributed by atoms with Crippen LogP contribution in [-0.2, 0) is 6.54 Å². The molecule has 0 radical (unpaired) electrons. The molecule has 11 heteroatoms. The molecule has 2 heterocycles. The summed E-state index contributed by atoms with van der Waals surface area (Å²) in [7, 11) is 1.22. The van der Waals surface area contributed by atoms with Gasteiger partial charge < -0.3 is 19.8 Å². The number of ether oxygens (including phenoxy) is 1. The SMILES string of the molecule is COc1nc(NC(=O)O)nc2c1C(=O)N(C1C(O)CCCC1(F)F)C2. The number of alkyl halides is 2. The lowest BCUT2D eigenvalue weighted by atomic mass is 9.88. The number of carbonyl (C=O) groups is 2. The minimum Gasteiger partial charge on any atom is -0.480 e. The molecular formula is C14H16F2N4O5. The number of nitrogens with zero attached hydrogens (tertiary/aromatic N) is 3. The number of methoxy groups -OCH3 is 1. The molecule has 0 bridgehead atoms. The average molecular weight is 358 g/mol. The quantitative estimate of drug-likeness (QED) is 0.738. The standard InChI is InChI=1S/C14H16F2N4O5/c1-25-10-8-6(17-12(18-10)19-13(23)24)5-20(11(8)22)9-7(21)3-2-4-14(9,15)16/h7,9,21H,2-5H2,1H3,(H,23,24)(H,17,18,19). The molecule has 1 aromatic rings. The van der Waals surface area contributed by atoms with E-state index in [1.807, 2.05) is 5.32 Å². The highest BCUT2D eigenvalue weighted by molar-refractivity contribution is 6.00. The summed E-state index contributed by atoms with van der Waals surface area (Å²) in [5, 5.41) is 20.7. The molecule has 1 aliphatic heterocycles. The van der Waals surface area contributed by atoms with Crippen LogP contribution in [0, 0.1) is 0 Å². The van der Waals surface area contributed by atoms with Gasteiger partial charge in [0.1, 0.15) is 11.6 Å². The molecule has 9 nitrogen and oxygen atoms in total. The van der Waals surface area contributed by atoms with Gasteiger partial charge in [0, 0.05) is 6.42 Å². The second kappa shape index (κ2) is 6.06. The fourth-order valence-electron chi connectivity index (χ4n) is 3.28. The smallest absolute Gasteiger partial charge is 0.411 e. The van der Waals surface area contributed by atoms with Gasteiger partial charge in [-0.1, -0.05) is 0 Å². The molecule has 1 fully saturated rings. The van der Waals surface area contributed by atoms with Crippen LogP contribution in [0.2, 0.25) is 0 Å². The number of aliphatic hydroxyl groups is 1. The van der Waals surface area contributed by atoms with Crippen LogP contribution in [0.25, 0.3) is 0 Å². The fraction of sp³-hybridized carbons (Fsp3) is 0.571. The number of carbonyl (C=O) groups excluding carboxylic acids is 1. The van der Waals surface area contributed by atoms with Crippen LogP contribution in [0.5, 0.6) is 5.88 Å². The minimum atomic E-state index is -3.24. The van der Waals surface area contributed by atoms with E-state index in [0.717, 1.165) is 4.90 Å². The molecule has 1 aliphatic carbocycles. The largest absolute Gasteiger partial charge is 0.480 e. The first-order chi connectivity index (χ1) is 11.7. The number of aliphatic hydroxyl groups excluding tert-OH is 1. The number of carboxylic acid groups (broad SMARTS) is 1. The molecule has 0 saturated heterocycles. The van der Waals surface area contributed by atoms with Gasteiger partial charge in [-0.15, -0.1) is 0 Å². The van der Waals surface area contributed by atoms with E-state index in [2.05, 4.69) is 9.97 Å². The fourth-order valence-corrected chi connectivity index (χ4v) is 3.28. The lowest BCUT2D eigenvalue weighted by molar-refractivity contribution is -0.140. The molecule has 136 valence electrons. The van der Waals surface area contributed by atoms with E-state index < -0.39 is 36.5 Å². The number of halogens is 2. The third-order valence-corrected chi connectivity index (χ3v) is 4.30. The number of fused-ring (bicyclic) bond motifs is 1. The molecule has 3 N–H and O–H groups in total. The van der Waals surface area contributed by atoms with Crippen molar-refractivity contribution in [2.24, 2.45) is 0 Å². The number of hydrogen-bond acceptors (Lipinski definition) is 6. The van der Waals surface area contributed by atoms with Gasteiger partial charge in [-0.05, 0) is 12.8 Å². The van der Waals surface area contributed by atoms with Crippen LogP contribution in [0.3, 0.4) is 0 Å². The minimum absolute atomic E-state index is 0.0640.